The molecule has 1 unspecified atom stereocenters. The van der Waals surface area contributed by atoms with Crippen molar-refractivity contribution in [2.75, 3.05) is 13.2 Å². The minimum atomic E-state index is -0.861. The fourth-order valence-corrected chi connectivity index (χ4v) is 2.00. The number of hydrogen-bond acceptors (Lipinski definition) is 3. The Morgan fingerprint density at radius 1 is 1.33 bits per heavy atom. The van der Waals surface area contributed by atoms with Crippen molar-refractivity contribution >= 4 is 5.91 Å². The SMILES string of the molecule is CCC(CC)C(O)CNC(=O)COc1ccc(F)cc1F. The van der Waals surface area contributed by atoms with Crippen molar-refractivity contribution in [3.05, 3.63) is 29.8 Å². The van der Waals surface area contributed by atoms with Gasteiger partial charge < -0.3 is 15.2 Å². The molecular weight excluding hydrogens is 280 g/mol. The van der Waals surface area contributed by atoms with Gasteiger partial charge in [-0.25, -0.2) is 8.78 Å². The third kappa shape index (κ3) is 5.67. The predicted molar refractivity (Wildman–Crippen MR) is 74.9 cm³/mol. The van der Waals surface area contributed by atoms with Gasteiger partial charge in [0.2, 0.25) is 0 Å². The van der Waals surface area contributed by atoms with Gasteiger partial charge in [-0.2, -0.15) is 0 Å². The van der Waals surface area contributed by atoms with Crippen LogP contribution in [0.5, 0.6) is 5.75 Å². The van der Waals surface area contributed by atoms with Crippen LogP contribution in [-0.2, 0) is 4.79 Å². The van der Waals surface area contributed by atoms with Crippen LogP contribution in [0.25, 0.3) is 0 Å². The fraction of sp³-hybridized carbons (Fsp3) is 0.533. The maximum atomic E-state index is 13.3. The van der Waals surface area contributed by atoms with Gasteiger partial charge in [0.15, 0.2) is 18.2 Å². The van der Waals surface area contributed by atoms with E-state index in [9.17, 15) is 18.7 Å². The van der Waals surface area contributed by atoms with Crippen molar-refractivity contribution in [3.8, 4) is 5.75 Å². The van der Waals surface area contributed by atoms with Crippen molar-refractivity contribution in [1.29, 1.82) is 0 Å². The molecule has 0 heterocycles. The number of rotatable bonds is 8. The van der Waals surface area contributed by atoms with Crippen LogP contribution >= 0.6 is 0 Å². The fourth-order valence-electron chi connectivity index (χ4n) is 2.00. The molecule has 2 N–H and O–H groups in total. The topological polar surface area (TPSA) is 58.6 Å². The second kappa shape index (κ2) is 8.56. The Morgan fingerprint density at radius 2 is 2.00 bits per heavy atom. The van der Waals surface area contributed by atoms with Crippen LogP contribution in [0, 0.1) is 17.6 Å². The molecular formula is C15H21F2NO3. The first-order valence-corrected chi connectivity index (χ1v) is 7.00. The molecule has 6 heteroatoms. The Morgan fingerprint density at radius 3 is 2.57 bits per heavy atom. The Hall–Kier alpha value is -1.69. The van der Waals surface area contributed by atoms with Gasteiger partial charge in [-0.1, -0.05) is 26.7 Å². The molecule has 0 saturated carbocycles. The summed E-state index contributed by atoms with van der Waals surface area (Å²) in [6.07, 6.45) is 1.03. The van der Waals surface area contributed by atoms with E-state index in [0.29, 0.717) is 6.07 Å². The van der Waals surface area contributed by atoms with Crippen LogP contribution in [0.2, 0.25) is 0 Å². The first kappa shape index (κ1) is 17.4. The number of benzene rings is 1. The Labute approximate surface area is 123 Å². The molecule has 0 saturated heterocycles. The number of amides is 1. The minimum Gasteiger partial charge on any atom is -0.481 e. The average molecular weight is 301 g/mol. The number of aliphatic hydroxyl groups excluding tert-OH is 1. The molecule has 1 atom stereocenters. The van der Waals surface area contributed by atoms with Crippen molar-refractivity contribution in [2.45, 2.75) is 32.8 Å². The summed E-state index contributed by atoms with van der Waals surface area (Å²) in [5.74, 6) is -2.10. The largest absolute Gasteiger partial charge is 0.481 e. The van der Waals surface area contributed by atoms with Gasteiger partial charge >= 0.3 is 0 Å². The zero-order valence-corrected chi connectivity index (χ0v) is 12.2. The van der Waals surface area contributed by atoms with E-state index in [-0.39, 0.29) is 18.2 Å². The highest BCUT2D eigenvalue weighted by Gasteiger charge is 2.16. The molecule has 1 aromatic rings. The van der Waals surface area contributed by atoms with Gasteiger partial charge in [-0.05, 0) is 18.1 Å². The maximum Gasteiger partial charge on any atom is 0.258 e. The molecule has 118 valence electrons. The van der Waals surface area contributed by atoms with Crippen LogP contribution in [0.3, 0.4) is 0 Å². The number of carbonyl (C=O) groups is 1. The van der Waals surface area contributed by atoms with Crippen molar-refractivity contribution in [2.24, 2.45) is 5.92 Å². The average Bonchev–Trinajstić information content (AvgIpc) is 2.45. The van der Waals surface area contributed by atoms with Gasteiger partial charge in [-0.15, -0.1) is 0 Å². The highest BCUT2D eigenvalue weighted by Crippen LogP contribution is 2.17. The van der Waals surface area contributed by atoms with Crippen molar-refractivity contribution < 1.29 is 23.4 Å². The van der Waals surface area contributed by atoms with Crippen LogP contribution in [0.15, 0.2) is 18.2 Å². The lowest BCUT2D eigenvalue weighted by Gasteiger charge is -2.20. The highest BCUT2D eigenvalue weighted by atomic mass is 19.1. The summed E-state index contributed by atoms with van der Waals surface area (Å²) in [7, 11) is 0. The second-order valence-electron chi connectivity index (χ2n) is 4.81. The molecule has 0 spiro atoms. The van der Waals surface area contributed by atoms with Gasteiger partial charge in [-0.3, -0.25) is 4.79 Å². The predicted octanol–water partition coefficient (Wildman–Crippen LogP) is 2.26. The summed E-state index contributed by atoms with van der Waals surface area (Å²) in [6.45, 7) is 3.68. The number of hydrogen-bond donors (Lipinski definition) is 2. The second-order valence-corrected chi connectivity index (χ2v) is 4.81. The molecule has 0 aromatic heterocycles. The van der Waals surface area contributed by atoms with Crippen LogP contribution in [0.4, 0.5) is 8.78 Å². The Kier molecular flexibility index (Phi) is 7.08. The third-order valence-corrected chi connectivity index (χ3v) is 3.35. The number of carbonyl (C=O) groups excluding carboxylic acids is 1. The van der Waals surface area contributed by atoms with E-state index in [4.69, 9.17) is 4.74 Å². The van der Waals surface area contributed by atoms with E-state index < -0.39 is 30.3 Å². The number of nitrogens with one attached hydrogen (secondary N) is 1. The first-order chi connectivity index (χ1) is 9.97. The molecule has 0 radical (unpaired) electrons. The summed E-state index contributed by atoms with van der Waals surface area (Å²) in [6, 6.07) is 2.86. The van der Waals surface area contributed by atoms with E-state index in [1.54, 1.807) is 0 Å². The Balaban J connectivity index is 2.37. The molecule has 0 aliphatic rings. The van der Waals surface area contributed by atoms with E-state index in [2.05, 4.69) is 5.32 Å². The normalized spacial score (nSPS) is 12.3. The number of halogens is 2. The maximum absolute atomic E-state index is 13.3. The highest BCUT2D eigenvalue weighted by molar-refractivity contribution is 5.77. The number of ether oxygens (including phenoxy) is 1. The molecule has 1 amide bonds. The standard InChI is InChI=1S/C15H21F2NO3/c1-3-10(4-2)13(19)8-18-15(20)9-21-14-6-5-11(16)7-12(14)17/h5-7,10,13,19H,3-4,8-9H2,1-2H3,(H,18,20). The van der Waals surface area contributed by atoms with Gasteiger partial charge in [0, 0.05) is 12.6 Å². The van der Waals surface area contributed by atoms with Gasteiger partial charge in [0.05, 0.1) is 6.10 Å². The molecule has 0 aliphatic carbocycles. The lowest BCUT2D eigenvalue weighted by molar-refractivity contribution is -0.123. The van der Waals surface area contributed by atoms with Crippen molar-refractivity contribution in [1.82, 2.24) is 5.32 Å². The van der Waals surface area contributed by atoms with Crippen molar-refractivity contribution in [3.63, 3.8) is 0 Å². The van der Waals surface area contributed by atoms with Gasteiger partial charge in [0.25, 0.3) is 5.91 Å². The smallest absolute Gasteiger partial charge is 0.258 e. The number of aliphatic hydroxyl groups is 1. The molecule has 1 aromatic carbocycles. The van der Waals surface area contributed by atoms with Crippen LogP contribution in [-0.4, -0.2) is 30.3 Å². The van der Waals surface area contributed by atoms with Crippen LogP contribution < -0.4 is 10.1 Å². The monoisotopic (exact) mass is 301 g/mol. The molecule has 0 fully saturated rings. The summed E-state index contributed by atoms with van der Waals surface area (Å²) in [5, 5.41) is 12.4. The molecule has 0 bridgehead atoms. The minimum absolute atomic E-state index is 0.125. The summed E-state index contributed by atoms with van der Waals surface area (Å²) in [5.41, 5.74) is 0. The third-order valence-electron chi connectivity index (χ3n) is 3.35. The Bertz CT molecular complexity index is 464. The first-order valence-electron chi connectivity index (χ1n) is 7.00. The van der Waals surface area contributed by atoms with Gasteiger partial charge in [0.1, 0.15) is 5.82 Å². The van der Waals surface area contributed by atoms with E-state index in [1.807, 2.05) is 13.8 Å². The zero-order chi connectivity index (χ0) is 15.8. The molecule has 1 rings (SSSR count). The lowest BCUT2D eigenvalue weighted by Crippen LogP contribution is -2.38. The molecule has 4 nitrogen and oxygen atoms in total. The summed E-state index contributed by atoms with van der Waals surface area (Å²) < 4.78 is 30.9. The van der Waals surface area contributed by atoms with E-state index in [0.717, 1.165) is 25.0 Å². The molecule has 21 heavy (non-hydrogen) atoms. The van der Waals surface area contributed by atoms with E-state index in [1.165, 1.54) is 0 Å². The van der Waals surface area contributed by atoms with Crippen LogP contribution in [0.1, 0.15) is 26.7 Å². The lowest BCUT2D eigenvalue weighted by atomic mass is 9.97. The summed E-state index contributed by atoms with van der Waals surface area (Å²) >= 11 is 0. The van der Waals surface area contributed by atoms with E-state index >= 15 is 0 Å². The molecule has 0 aliphatic heterocycles. The summed E-state index contributed by atoms with van der Waals surface area (Å²) in [4.78, 5) is 11.6. The quantitative estimate of drug-likeness (QED) is 0.774. The zero-order valence-electron chi connectivity index (χ0n) is 12.2.